The summed E-state index contributed by atoms with van der Waals surface area (Å²) in [7, 11) is -2.00. The number of hydrogen-bond acceptors (Lipinski definition) is 3. The number of halogens is 1. The molecule has 2 aliphatic rings. The smallest absolute Gasteiger partial charge is 0.254 e. The minimum atomic E-state index is -3.53. The highest BCUT2D eigenvalue weighted by Crippen LogP contribution is 2.44. The predicted molar refractivity (Wildman–Crippen MR) is 87.0 cm³/mol. The van der Waals surface area contributed by atoms with Gasteiger partial charge in [-0.1, -0.05) is 6.07 Å². The molecule has 120 valence electrons. The summed E-state index contributed by atoms with van der Waals surface area (Å²) >= 11 is 0. The first-order valence-electron chi connectivity index (χ1n) is 7.50. The highest BCUT2D eigenvalue weighted by Gasteiger charge is 2.40. The number of hydrogen-bond donors (Lipinski definition) is 0. The number of benzene rings is 1. The van der Waals surface area contributed by atoms with Gasteiger partial charge >= 0.3 is 10.2 Å². The van der Waals surface area contributed by atoms with Gasteiger partial charge in [0.2, 0.25) is 5.95 Å². The third-order valence-electron chi connectivity index (χ3n) is 4.40. The van der Waals surface area contributed by atoms with Crippen LogP contribution in [0.5, 0.6) is 0 Å². The molecule has 1 aliphatic carbocycles. The molecule has 0 radical (unpaired) electrons. The molecule has 0 amide bonds. The Morgan fingerprint density at radius 1 is 1.26 bits per heavy atom. The van der Waals surface area contributed by atoms with Crippen molar-refractivity contribution in [2.45, 2.75) is 12.8 Å². The fourth-order valence-corrected chi connectivity index (χ4v) is 4.37. The molecular weight excluding hydrogens is 317 g/mol. The molecular formula is C16H16FN3O2S. The van der Waals surface area contributed by atoms with Crippen LogP contribution in [0.25, 0.3) is 11.1 Å². The lowest BCUT2D eigenvalue weighted by Crippen LogP contribution is -2.36. The predicted octanol–water partition coefficient (Wildman–Crippen LogP) is 2.80. The zero-order chi connectivity index (χ0) is 16.2. The lowest BCUT2D eigenvalue weighted by molar-refractivity contribution is 0.587. The fraction of sp³-hybridized carbons (Fsp3) is 0.312. The van der Waals surface area contributed by atoms with E-state index in [1.54, 1.807) is 30.3 Å². The lowest BCUT2D eigenvalue weighted by Gasteiger charge is -2.18. The van der Waals surface area contributed by atoms with Crippen LogP contribution in [0.2, 0.25) is 0 Å². The average molecular weight is 333 g/mol. The van der Waals surface area contributed by atoms with E-state index in [1.807, 2.05) is 0 Å². The van der Waals surface area contributed by atoms with Gasteiger partial charge in [-0.25, -0.2) is 4.98 Å². The third kappa shape index (κ3) is 2.26. The van der Waals surface area contributed by atoms with E-state index >= 15 is 0 Å². The monoisotopic (exact) mass is 333 g/mol. The number of nitrogens with zero attached hydrogens (tertiary/aromatic N) is 3. The summed E-state index contributed by atoms with van der Waals surface area (Å²) in [4.78, 5) is 3.65. The maximum atomic E-state index is 13.9. The Morgan fingerprint density at radius 3 is 2.74 bits per heavy atom. The Kier molecular flexibility index (Phi) is 3.09. The van der Waals surface area contributed by atoms with Crippen LogP contribution in [0.3, 0.4) is 0 Å². The largest absolute Gasteiger partial charge is 0.326 e. The second-order valence-electron chi connectivity index (χ2n) is 6.00. The van der Waals surface area contributed by atoms with Gasteiger partial charge in [-0.05, 0) is 48.6 Å². The van der Waals surface area contributed by atoms with Gasteiger partial charge in [0.25, 0.3) is 0 Å². The molecule has 0 bridgehead atoms. The van der Waals surface area contributed by atoms with Crippen molar-refractivity contribution in [3.05, 3.63) is 42.5 Å². The topological polar surface area (TPSA) is 53.5 Å². The first-order chi connectivity index (χ1) is 11.0. The quantitative estimate of drug-likeness (QED) is 0.812. The Balaban J connectivity index is 1.81. The summed E-state index contributed by atoms with van der Waals surface area (Å²) in [5.41, 5.74) is 2.21. The lowest BCUT2D eigenvalue weighted by atomic mass is 10.1. The van der Waals surface area contributed by atoms with Gasteiger partial charge in [0, 0.05) is 25.4 Å². The number of anilines is 2. The molecule has 1 aromatic heterocycles. The molecule has 1 aromatic carbocycles. The molecule has 0 N–H and O–H groups in total. The van der Waals surface area contributed by atoms with Crippen molar-refractivity contribution in [1.29, 1.82) is 0 Å². The highest BCUT2D eigenvalue weighted by atomic mass is 32.2. The Hall–Kier alpha value is -2.15. The van der Waals surface area contributed by atoms with Crippen molar-refractivity contribution in [3.8, 4) is 11.1 Å². The summed E-state index contributed by atoms with van der Waals surface area (Å²) in [5.74, 6) is -0.120. The second-order valence-corrected chi connectivity index (χ2v) is 7.88. The van der Waals surface area contributed by atoms with Gasteiger partial charge in [-0.3, -0.25) is 8.61 Å². The molecule has 2 aromatic rings. The standard InChI is InChI=1S/C16H16FN3O2S/c1-19-15-9-12(13-3-2-8-18-16(13)17)6-7-14(15)20(23(19,21)22)10-11-4-5-11/h2-3,6-9,11H,4-5,10H2,1H3. The summed E-state index contributed by atoms with van der Waals surface area (Å²) in [6.07, 6.45) is 3.54. The molecule has 1 aliphatic heterocycles. The van der Waals surface area contributed by atoms with E-state index in [-0.39, 0.29) is 0 Å². The van der Waals surface area contributed by atoms with E-state index in [9.17, 15) is 12.8 Å². The summed E-state index contributed by atoms with van der Waals surface area (Å²) in [6.45, 7) is 0.514. The Labute approximate surface area is 134 Å². The molecule has 2 heterocycles. The van der Waals surface area contributed by atoms with Crippen LogP contribution in [-0.4, -0.2) is 27.0 Å². The number of aromatic nitrogens is 1. The van der Waals surface area contributed by atoms with Crippen LogP contribution >= 0.6 is 0 Å². The molecule has 4 rings (SSSR count). The maximum Gasteiger partial charge on any atom is 0.326 e. The van der Waals surface area contributed by atoms with E-state index in [4.69, 9.17) is 0 Å². The van der Waals surface area contributed by atoms with Crippen LogP contribution in [-0.2, 0) is 10.2 Å². The fourth-order valence-electron chi connectivity index (χ4n) is 2.88. The van der Waals surface area contributed by atoms with Gasteiger partial charge in [-0.15, -0.1) is 0 Å². The zero-order valence-corrected chi connectivity index (χ0v) is 13.4. The minimum Gasteiger partial charge on any atom is -0.254 e. The number of pyridine rings is 1. The van der Waals surface area contributed by atoms with Crippen molar-refractivity contribution in [2.75, 3.05) is 22.2 Å². The Morgan fingerprint density at radius 2 is 2.04 bits per heavy atom. The SMILES string of the molecule is CN1c2cc(-c3cccnc3F)ccc2N(CC2CC2)S1(=O)=O. The first kappa shape index (κ1) is 14.4. The van der Waals surface area contributed by atoms with E-state index in [1.165, 1.54) is 21.9 Å². The van der Waals surface area contributed by atoms with Gasteiger partial charge in [0.15, 0.2) is 0 Å². The van der Waals surface area contributed by atoms with Crippen molar-refractivity contribution in [1.82, 2.24) is 4.98 Å². The van der Waals surface area contributed by atoms with E-state index in [0.29, 0.717) is 35.0 Å². The second kappa shape index (κ2) is 4.92. The van der Waals surface area contributed by atoms with E-state index in [2.05, 4.69) is 4.98 Å². The van der Waals surface area contributed by atoms with Gasteiger partial charge in [-0.2, -0.15) is 12.8 Å². The van der Waals surface area contributed by atoms with Crippen molar-refractivity contribution in [2.24, 2.45) is 5.92 Å². The van der Waals surface area contributed by atoms with E-state index < -0.39 is 16.2 Å². The molecule has 1 saturated carbocycles. The summed E-state index contributed by atoms with van der Waals surface area (Å²) in [6, 6.07) is 8.49. The molecule has 0 atom stereocenters. The minimum absolute atomic E-state index is 0.363. The Bertz CT molecular complexity index is 881. The van der Waals surface area contributed by atoms with Crippen molar-refractivity contribution in [3.63, 3.8) is 0 Å². The molecule has 5 nitrogen and oxygen atoms in total. The van der Waals surface area contributed by atoms with Gasteiger partial charge in [0.1, 0.15) is 0 Å². The summed E-state index contributed by atoms with van der Waals surface area (Å²) in [5, 5.41) is 0. The van der Waals surface area contributed by atoms with E-state index in [0.717, 1.165) is 12.8 Å². The van der Waals surface area contributed by atoms with Crippen LogP contribution in [0.15, 0.2) is 36.5 Å². The van der Waals surface area contributed by atoms with Crippen molar-refractivity contribution < 1.29 is 12.8 Å². The van der Waals surface area contributed by atoms with Gasteiger partial charge < -0.3 is 0 Å². The first-order valence-corrected chi connectivity index (χ1v) is 8.90. The zero-order valence-electron chi connectivity index (χ0n) is 12.6. The molecule has 0 saturated heterocycles. The van der Waals surface area contributed by atoms with Crippen LogP contribution in [0, 0.1) is 11.9 Å². The van der Waals surface area contributed by atoms with Crippen LogP contribution in [0.1, 0.15) is 12.8 Å². The summed E-state index contributed by atoms with van der Waals surface area (Å²) < 4.78 is 41.8. The third-order valence-corrected chi connectivity index (χ3v) is 6.19. The molecule has 7 heteroatoms. The molecule has 0 spiro atoms. The molecule has 0 unspecified atom stereocenters. The average Bonchev–Trinajstić information content (AvgIpc) is 3.33. The van der Waals surface area contributed by atoms with Crippen LogP contribution in [0.4, 0.5) is 15.8 Å². The molecule has 23 heavy (non-hydrogen) atoms. The molecule has 1 fully saturated rings. The number of rotatable bonds is 3. The normalized spacial score (nSPS) is 19.0. The number of fused-ring (bicyclic) bond motifs is 1. The van der Waals surface area contributed by atoms with Crippen molar-refractivity contribution >= 4 is 21.6 Å². The maximum absolute atomic E-state index is 13.9. The highest BCUT2D eigenvalue weighted by molar-refractivity contribution is 7.94. The van der Waals surface area contributed by atoms with Gasteiger partial charge in [0.05, 0.1) is 11.4 Å². The van der Waals surface area contributed by atoms with Crippen LogP contribution < -0.4 is 8.61 Å².